The lowest BCUT2D eigenvalue weighted by Gasteiger charge is -2.35. The van der Waals surface area contributed by atoms with Gasteiger partial charge in [-0.3, -0.25) is 4.90 Å². The molecule has 3 rings (SSSR count). The number of amides is 1. The largest absolute Gasteiger partial charge is 0.444 e. The van der Waals surface area contributed by atoms with Crippen LogP contribution in [0.1, 0.15) is 59.8 Å². The smallest absolute Gasteiger partial charge is 0.410 e. The zero-order valence-electron chi connectivity index (χ0n) is 22.7. The molecule has 1 spiro atoms. The van der Waals surface area contributed by atoms with Gasteiger partial charge in [0.2, 0.25) is 0 Å². The van der Waals surface area contributed by atoms with E-state index < -0.39 is 5.60 Å². The Morgan fingerprint density at radius 3 is 2.49 bits per heavy atom. The molecular weight excluding hydrogens is 555 g/mol. The third-order valence-electron chi connectivity index (χ3n) is 7.65. The van der Waals surface area contributed by atoms with Crippen molar-refractivity contribution >= 4 is 34.5 Å². The quantitative estimate of drug-likeness (QED) is 0.341. The number of anilines is 1. The second kappa shape index (κ2) is 11.9. The lowest BCUT2D eigenvalue weighted by molar-refractivity contribution is 0.0249. The van der Waals surface area contributed by atoms with Crippen LogP contribution in [0, 0.1) is 14.9 Å². The molecule has 198 valence electrons. The van der Waals surface area contributed by atoms with E-state index in [-0.39, 0.29) is 12.2 Å². The summed E-state index contributed by atoms with van der Waals surface area (Å²) < 4.78 is 12.3. The Bertz CT molecular complexity index is 821. The molecule has 0 bridgehead atoms. The van der Waals surface area contributed by atoms with Crippen LogP contribution >= 0.6 is 22.6 Å². The molecule has 35 heavy (non-hydrogen) atoms. The summed E-state index contributed by atoms with van der Waals surface area (Å²) in [6, 6.07) is 4.83. The highest BCUT2D eigenvalue weighted by molar-refractivity contribution is 14.1. The highest BCUT2D eigenvalue weighted by Crippen LogP contribution is 2.59. The SMILES string of the molecule is COC(C)CN(CCN(C)C(=O)OC(C)(C)C)[C@H]1CC12CCC(CN(C)c1ccc(I)cn1)CC2. The third kappa shape index (κ3) is 8.18. The van der Waals surface area contributed by atoms with Crippen molar-refractivity contribution in [2.45, 2.75) is 77.5 Å². The minimum absolute atomic E-state index is 0.172. The van der Waals surface area contributed by atoms with Gasteiger partial charge in [-0.15, -0.1) is 0 Å². The van der Waals surface area contributed by atoms with E-state index in [2.05, 4.69) is 63.5 Å². The van der Waals surface area contributed by atoms with Gasteiger partial charge in [0.15, 0.2) is 0 Å². The Morgan fingerprint density at radius 2 is 1.91 bits per heavy atom. The number of carbonyl (C=O) groups is 1. The van der Waals surface area contributed by atoms with Crippen molar-refractivity contribution in [1.29, 1.82) is 0 Å². The van der Waals surface area contributed by atoms with Gasteiger partial charge < -0.3 is 19.3 Å². The fraction of sp³-hybridized carbons (Fsp3) is 0.778. The van der Waals surface area contributed by atoms with E-state index in [9.17, 15) is 4.79 Å². The summed E-state index contributed by atoms with van der Waals surface area (Å²) in [5, 5.41) is 0. The van der Waals surface area contributed by atoms with E-state index >= 15 is 0 Å². The molecule has 0 radical (unpaired) electrons. The predicted molar refractivity (Wildman–Crippen MR) is 150 cm³/mol. The average Bonchev–Trinajstić information content (AvgIpc) is 3.50. The van der Waals surface area contributed by atoms with Crippen LogP contribution in [0.4, 0.5) is 10.6 Å². The Labute approximate surface area is 226 Å². The number of hydrogen-bond acceptors (Lipinski definition) is 6. The van der Waals surface area contributed by atoms with E-state index in [4.69, 9.17) is 9.47 Å². The maximum Gasteiger partial charge on any atom is 0.410 e. The summed E-state index contributed by atoms with van der Waals surface area (Å²) in [6.07, 6.45) is 8.24. The number of ether oxygens (including phenoxy) is 2. The van der Waals surface area contributed by atoms with Crippen LogP contribution in [0.15, 0.2) is 18.3 Å². The summed E-state index contributed by atoms with van der Waals surface area (Å²) >= 11 is 2.30. The summed E-state index contributed by atoms with van der Waals surface area (Å²) in [7, 11) is 5.77. The Morgan fingerprint density at radius 1 is 1.23 bits per heavy atom. The number of halogens is 1. The molecular formula is C27H45IN4O3. The lowest BCUT2D eigenvalue weighted by Crippen LogP contribution is -2.43. The first-order valence-corrected chi connectivity index (χ1v) is 14.0. The number of hydrogen-bond donors (Lipinski definition) is 0. The van der Waals surface area contributed by atoms with Gasteiger partial charge in [-0.25, -0.2) is 9.78 Å². The molecule has 0 N–H and O–H groups in total. The maximum atomic E-state index is 12.4. The predicted octanol–water partition coefficient (Wildman–Crippen LogP) is 5.28. The van der Waals surface area contributed by atoms with Crippen LogP contribution < -0.4 is 4.90 Å². The highest BCUT2D eigenvalue weighted by Gasteiger charge is 2.57. The Kier molecular flexibility index (Phi) is 9.71. The van der Waals surface area contributed by atoms with Crippen LogP contribution in [0.25, 0.3) is 0 Å². The fourth-order valence-corrected chi connectivity index (χ4v) is 5.70. The second-order valence-electron chi connectivity index (χ2n) is 11.7. The summed E-state index contributed by atoms with van der Waals surface area (Å²) in [4.78, 5) is 23.6. The van der Waals surface area contributed by atoms with Gasteiger partial charge in [0.05, 0.1) is 6.10 Å². The first kappa shape index (κ1) is 28.4. The molecule has 0 saturated heterocycles. The molecule has 2 saturated carbocycles. The van der Waals surface area contributed by atoms with Crippen molar-refractivity contribution in [2.24, 2.45) is 11.3 Å². The fourth-order valence-electron chi connectivity index (χ4n) is 5.38. The number of pyridine rings is 1. The molecule has 0 aromatic carbocycles. The first-order valence-electron chi connectivity index (χ1n) is 13.0. The zero-order chi connectivity index (χ0) is 25.8. The summed E-state index contributed by atoms with van der Waals surface area (Å²) in [5.74, 6) is 1.78. The summed E-state index contributed by atoms with van der Waals surface area (Å²) in [5.41, 5.74) is -0.0355. The van der Waals surface area contributed by atoms with Crippen LogP contribution in [0.5, 0.6) is 0 Å². The molecule has 1 aromatic rings. The zero-order valence-corrected chi connectivity index (χ0v) is 24.9. The molecule has 1 amide bonds. The molecule has 2 atom stereocenters. The number of nitrogens with zero attached hydrogens (tertiary/aromatic N) is 4. The van der Waals surface area contributed by atoms with Crippen LogP contribution in [-0.2, 0) is 9.47 Å². The molecule has 2 aliphatic carbocycles. The maximum absolute atomic E-state index is 12.4. The van der Waals surface area contributed by atoms with Crippen molar-refractivity contribution in [3.05, 3.63) is 21.9 Å². The number of likely N-dealkylation sites (N-methyl/N-ethyl adjacent to an activating group) is 1. The van der Waals surface area contributed by atoms with Crippen LogP contribution in [0.2, 0.25) is 0 Å². The third-order valence-corrected chi connectivity index (χ3v) is 8.28. The number of rotatable bonds is 10. The van der Waals surface area contributed by atoms with Gasteiger partial charge in [0.25, 0.3) is 0 Å². The topological polar surface area (TPSA) is 58.1 Å². The number of methoxy groups -OCH3 is 1. The second-order valence-corrected chi connectivity index (χ2v) is 12.9. The van der Waals surface area contributed by atoms with Crippen LogP contribution in [0.3, 0.4) is 0 Å². The van der Waals surface area contributed by atoms with E-state index in [1.165, 1.54) is 35.7 Å². The Hall–Kier alpha value is -1.13. The molecule has 0 aliphatic heterocycles. The van der Waals surface area contributed by atoms with Gasteiger partial charge in [-0.1, -0.05) is 0 Å². The number of carbonyl (C=O) groups excluding carboxylic acids is 1. The van der Waals surface area contributed by atoms with Gasteiger partial charge in [-0.2, -0.15) is 0 Å². The molecule has 2 fully saturated rings. The van der Waals surface area contributed by atoms with Gasteiger partial charge in [0.1, 0.15) is 11.4 Å². The molecule has 2 aliphatic rings. The number of aromatic nitrogens is 1. The van der Waals surface area contributed by atoms with E-state index in [0.717, 1.165) is 31.4 Å². The molecule has 1 unspecified atom stereocenters. The van der Waals surface area contributed by atoms with Crippen molar-refractivity contribution < 1.29 is 14.3 Å². The molecule has 1 heterocycles. The molecule has 7 nitrogen and oxygen atoms in total. The standard InChI is InChI=1S/C27H45IN4O3/c1-20(34-7)18-32(15-14-30(5)25(33)35-26(2,3)4)23-16-27(23)12-10-21(11-13-27)19-31(6)24-9-8-22(28)17-29-24/h8-9,17,20-21,23H,10-16,18-19H2,1-7H3/t20?,21?,23-,27?/m0/s1. The van der Waals surface area contributed by atoms with Crippen LogP contribution in [-0.4, -0.2) is 86.0 Å². The summed E-state index contributed by atoms with van der Waals surface area (Å²) in [6.45, 7) is 11.3. The van der Waals surface area contributed by atoms with Gasteiger partial charge in [0, 0.05) is 63.2 Å². The minimum atomic E-state index is -0.474. The van der Waals surface area contributed by atoms with E-state index in [0.29, 0.717) is 18.0 Å². The first-order chi connectivity index (χ1) is 16.4. The lowest BCUT2D eigenvalue weighted by atomic mass is 9.79. The molecule has 8 heteroatoms. The van der Waals surface area contributed by atoms with Crippen molar-refractivity contribution in [1.82, 2.24) is 14.8 Å². The van der Waals surface area contributed by atoms with Crippen molar-refractivity contribution in [3.63, 3.8) is 0 Å². The molecule has 1 aromatic heterocycles. The minimum Gasteiger partial charge on any atom is -0.444 e. The van der Waals surface area contributed by atoms with Gasteiger partial charge in [-0.05, 0) is 106 Å². The van der Waals surface area contributed by atoms with Crippen molar-refractivity contribution in [3.8, 4) is 0 Å². The van der Waals surface area contributed by atoms with Gasteiger partial charge >= 0.3 is 6.09 Å². The Balaban J connectivity index is 1.52. The van der Waals surface area contributed by atoms with E-state index in [1.807, 2.05) is 34.0 Å². The van der Waals surface area contributed by atoms with Crippen molar-refractivity contribution in [2.75, 3.05) is 52.3 Å². The normalized spacial score (nSPS) is 24.9. The average molecular weight is 601 g/mol. The monoisotopic (exact) mass is 600 g/mol. The van der Waals surface area contributed by atoms with E-state index in [1.54, 1.807) is 12.0 Å². The highest BCUT2D eigenvalue weighted by atomic mass is 127.